The second kappa shape index (κ2) is 8.37. The van der Waals surface area contributed by atoms with Crippen molar-refractivity contribution in [2.45, 2.75) is 43.3 Å². The van der Waals surface area contributed by atoms with Crippen molar-refractivity contribution in [1.29, 1.82) is 0 Å². The van der Waals surface area contributed by atoms with Crippen LogP contribution in [0.15, 0.2) is 53.8 Å². The van der Waals surface area contributed by atoms with Crippen LogP contribution in [-0.2, 0) is 20.9 Å². The third-order valence-corrected chi connectivity index (χ3v) is 7.06. The lowest BCUT2D eigenvalue weighted by Crippen LogP contribution is -2.41. The molecule has 172 valence electrons. The van der Waals surface area contributed by atoms with Gasteiger partial charge in [0, 0.05) is 11.9 Å². The number of carbonyl (C=O) groups excluding carboxylic acids is 2. The lowest BCUT2D eigenvalue weighted by atomic mass is 9.77. The van der Waals surface area contributed by atoms with Gasteiger partial charge in [-0.1, -0.05) is 18.2 Å². The van der Waals surface area contributed by atoms with Gasteiger partial charge in [0.2, 0.25) is 0 Å². The third-order valence-electron chi connectivity index (χ3n) is 6.66. The lowest BCUT2D eigenvalue weighted by Gasteiger charge is -2.37. The van der Waals surface area contributed by atoms with E-state index in [2.05, 4.69) is 0 Å². The predicted molar refractivity (Wildman–Crippen MR) is 118 cm³/mol. The lowest BCUT2D eigenvalue weighted by molar-refractivity contribution is -0.135. The predicted octanol–water partition coefficient (Wildman–Crippen LogP) is 4.25. The molecular formula is C25H23ClFNO5. The molecule has 1 N–H and O–H groups in total. The van der Waals surface area contributed by atoms with Crippen LogP contribution in [0.1, 0.15) is 36.4 Å². The molecule has 0 spiro atoms. The zero-order chi connectivity index (χ0) is 23.3. The first kappa shape index (κ1) is 21.8. The summed E-state index contributed by atoms with van der Waals surface area (Å²) < 4.78 is 24.8. The Morgan fingerprint density at radius 2 is 1.94 bits per heavy atom. The number of methoxy groups -OCH3 is 1. The maximum atomic E-state index is 13.7. The molecule has 2 aliphatic heterocycles. The van der Waals surface area contributed by atoms with Gasteiger partial charge in [0.1, 0.15) is 11.9 Å². The molecule has 3 aliphatic rings. The van der Waals surface area contributed by atoms with E-state index >= 15 is 0 Å². The SMILES string of the molecule is COc1cc(C2C3=C(OC4CCC(Cl)CC4C3=O)C(=O)N2Cc2ccc(F)cc2)ccc1O. The van der Waals surface area contributed by atoms with Crippen molar-refractivity contribution in [3.8, 4) is 11.5 Å². The Morgan fingerprint density at radius 1 is 1.18 bits per heavy atom. The first-order valence-electron chi connectivity index (χ1n) is 10.9. The molecule has 0 aromatic heterocycles. The van der Waals surface area contributed by atoms with E-state index in [4.69, 9.17) is 21.1 Å². The van der Waals surface area contributed by atoms with Crippen LogP contribution in [0, 0.1) is 11.7 Å². The molecule has 1 fully saturated rings. The molecule has 4 unspecified atom stereocenters. The van der Waals surface area contributed by atoms with Gasteiger partial charge in [-0.05, 0) is 54.7 Å². The number of hydrogen-bond acceptors (Lipinski definition) is 5. The van der Waals surface area contributed by atoms with E-state index in [0.717, 1.165) is 6.42 Å². The van der Waals surface area contributed by atoms with E-state index in [1.807, 2.05) is 0 Å². The highest BCUT2D eigenvalue weighted by molar-refractivity contribution is 6.21. The number of benzene rings is 2. The minimum absolute atomic E-state index is 0.0478. The maximum Gasteiger partial charge on any atom is 0.290 e. The quantitative estimate of drug-likeness (QED) is 0.674. The van der Waals surface area contributed by atoms with Gasteiger partial charge in [-0.2, -0.15) is 0 Å². The number of ketones is 1. The number of phenolic OH excluding ortho intramolecular Hbond substituents is 1. The van der Waals surface area contributed by atoms with Crippen LogP contribution < -0.4 is 4.74 Å². The van der Waals surface area contributed by atoms with Gasteiger partial charge in [0.05, 0.1) is 24.6 Å². The average molecular weight is 472 g/mol. The van der Waals surface area contributed by atoms with Gasteiger partial charge in [-0.3, -0.25) is 9.59 Å². The molecule has 1 amide bonds. The van der Waals surface area contributed by atoms with E-state index in [1.54, 1.807) is 29.2 Å². The molecule has 0 saturated heterocycles. The van der Waals surface area contributed by atoms with Crippen molar-refractivity contribution in [2.24, 2.45) is 5.92 Å². The largest absolute Gasteiger partial charge is 0.504 e. The van der Waals surface area contributed by atoms with Crippen molar-refractivity contribution < 1.29 is 28.6 Å². The normalized spacial score (nSPS) is 26.7. The Morgan fingerprint density at radius 3 is 2.67 bits per heavy atom. The van der Waals surface area contributed by atoms with Crippen molar-refractivity contribution in [3.05, 3.63) is 70.7 Å². The number of phenols is 1. The van der Waals surface area contributed by atoms with E-state index in [9.17, 15) is 19.1 Å². The number of hydrogen-bond donors (Lipinski definition) is 1. The zero-order valence-electron chi connectivity index (χ0n) is 18.0. The molecule has 33 heavy (non-hydrogen) atoms. The summed E-state index contributed by atoms with van der Waals surface area (Å²) in [6, 6.07) is 9.90. The molecule has 6 nitrogen and oxygen atoms in total. The summed E-state index contributed by atoms with van der Waals surface area (Å²) in [6.45, 7) is 0.157. The summed E-state index contributed by atoms with van der Waals surface area (Å²) in [7, 11) is 1.43. The van der Waals surface area contributed by atoms with Crippen LogP contribution in [0.3, 0.4) is 0 Å². The summed E-state index contributed by atoms with van der Waals surface area (Å²) >= 11 is 6.36. The molecule has 0 radical (unpaired) electrons. The van der Waals surface area contributed by atoms with Crippen LogP contribution in [0.4, 0.5) is 4.39 Å². The van der Waals surface area contributed by atoms with Crippen LogP contribution in [0.2, 0.25) is 0 Å². The van der Waals surface area contributed by atoms with E-state index < -0.39 is 12.0 Å². The molecule has 1 aliphatic carbocycles. The van der Waals surface area contributed by atoms with Crippen molar-refractivity contribution in [2.75, 3.05) is 7.11 Å². The van der Waals surface area contributed by atoms with Crippen LogP contribution in [-0.4, -0.2) is 40.3 Å². The maximum absolute atomic E-state index is 13.7. The second-order valence-corrected chi connectivity index (χ2v) is 9.29. The minimum Gasteiger partial charge on any atom is -0.504 e. The molecule has 1 saturated carbocycles. The molecule has 8 heteroatoms. The topological polar surface area (TPSA) is 76.1 Å². The van der Waals surface area contributed by atoms with Gasteiger partial charge >= 0.3 is 0 Å². The second-order valence-electron chi connectivity index (χ2n) is 8.67. The molecule has 2 aromatic rings. The number of amides is 1. The summed E-state index contributed by atoms with van der Waals surface area (Å²) in [6.07, 6.45) is 1.48. The Labute approximate surface area is 195 Å². The number of rotatable bonds is 4. The van der Waals surface area contributed by atoms with Crippen LogP contribution in [0.5, 0.6) is 11.5 Å². The van der Waals surface area contributed by atoms with Gasteiger partial charge in [0.25, 0.3) is 5.91 Å². The van der Waals surface area contributed by atoms with E-state index in [0.29, 0.717) is 29.5 Å². The Kier molecular flexibility index (Phi) is 5.52. The summed E-state index contributed by atoms with van der Waals surface area (Å²) in [5.41, 5.74) is 1.63. The highest BCUT2D eigenvalue weighted by Gasteiger charge is 2.52. The highest BCUT2D eigenvalue weighted by atomic mass is 35.5. The molecule has 5 rings (SSSR count). The number of fused-ring (bicyclic) bond motifs is 1. The number of aromatic hydroxyl groups is 1. The van der Waals surface area contributed by atoms with Gasteiger partial charge in [0.15, 0.2) is 23.0 Å². The van der Waals surface area contributed by atoms with Crippen LogP contribution >= 0.6 is 11.6 Å². The number of ether oxygens (including phenoxy) is 2. The summed E-state index contributed by atoms with van der Waals surface area (Å²) in [5, 5.41) is 9.95. The molecule has 2 aromatic carbocycles. The van der Waals surface area contributed by atoms with Crippen molar-refractivity contribution in [3.63, 3.8) is 0 Å². The zero-order valence-corrected chi connectivity index (χ0v) is 18.7. The first-order chi connectivity index (χ1) is 15.9. The Balaban J connectivity index is 1.59. The average Bonchev–Trinajstić information content (AvgIpc) is 3.08. The van der Waals surface area contributed by atoms with E-state index in [-0.39, 0.29) is 52.8 Å². The number of nitrogens with zero attached hydrogens (tertiary/aromatic N) is 1. The standard InChI is InChI=1S/C25H23ClFNO5/c1-32-20-10-14(4-8-18(20)29)22-21-23(30)17-11-15(26)5-9-19(17)33-24(21)25(31)28(22)12-13-2-6-16(27)7-3-13/h2-4,6-8,10,15,17,19,22,29H,5,9,11-12H2,1H3. The van der Waals surface area contributed by atoms with Gasteiger partial charge in [-0.25, -0.2) is 4.39 Å². The number of Topliss-reactive ketones (excluding diaryl/α,β-unsaturated/α-hetero) is 1. The van der Waals surface area contributed by atoms with Gasteiger partial charge in [-0.15, -0.1) is 11.6 Å². The van der Waals surface area contributed by atoms with Crippen molar-refractivity contribution >= 4 is 23.3 Å². The highest BCUT2D eigenvalue weighted by Crippen LogP contribution is 2.48. The number of carbonyl (C=O) groups is 2. The number of alkyl halides is 1. The minimum atomic E-state index is -0.726. The smallest absolute Gasteiger partial charge is 0.290 e. The van der Waals surface area contributed by atoms with Crippen LogP contribution in [0.25, 0.3) is 0 Å². The molecule has 0 bridgehead atoms. The number of halogens is 2. The fourth-order valence-corrected chi connectivity index (χ4v) is 5.34. The molecule has 2 heterocycles. The monoisotopic (exact) mass is 471 g/mol. The Bertz CT molecular complexity index is 1150. The molecular weight excluding hydrogens is 449 g/mol. The Hall–Kier alpha value is -3.06. The molecule has 4 atom stereocenters. The van der Waals surface area contributed by atoms with E-state index in [1.165, 1.54) is 25.3 Å². The van der Waals surface area contributed by atoms with Crippen molar-refractivity contribution in [1.82, 2.24) is 4.90 Å². The summed E-state index contributed by atoms with van der Waals surface area (Å²) in [5.74, 6) is -1.02. The van der Waals surface area contributed by atoms with Gasteiger partial charge < -0.3 is 19.5 Å². The first-order valence-corrected chi connectivity index (χ1v) is 11.3. The third kappa shape index (κ3) is 3.74. The fraction of sp³-hybridized carbons (Fsp3) is 0.360. The summed E-state index contributed by atoms with van der Waals surface area (Å²) in [4.78, 5) is 28.7. The fourth-order valence-electron chi connectivity index (χ4n) is 5.02.